The molecule has 1 aromatic carbocycles. The van der Waals surface area contributed by atoms with Crippen molar-refractivity contribution in [1.29, 1.82) is 0 Å². The Kier molecular flexibility index (Phi) is 4.57. The van der Waals surface area contributed by atoms with Gasteiger partial charge in [-0.15, -0.1) is 0 Å². The van der Waals surface area contributed by atoms with Crippen molar-refractivity contribution in [2.75, 3.05) is 29.9 Å². The number of rotatable bonds is 5. The van der Waals surface area contributed by atoms with Crippen molar-refractivity contribution in [2.24, 2.45) is 17.8 Å². The molecule has 26 heavy (non-hydrogen) atoms. The van der Waals surface area contributed by atoms with Crippen LogP contribution in [0.5, 0.6) is 5.75 Å². The van der Waals surface area contributed by atoms with Gasteiger partial charge < -0.3 is 20.3 Å². The Labute approximate surface area is 153 Å². The first-order valence-corrected chi connectivity index (χ1v) is 9.44. The molecular formula is C20H25N3O3. The summed E-state index contributed by atoms with van der Waals surface area (Å²) >= 11 is 0. The zero-order valence-corrected chi connectivity index (χ0v) is 15.0. The minimum Gasteiger partial charge on any atom is -0.482 e. The van der Waals surface area contributed by atoms with E-state index in [4.69, 9.17) is 4.74 Å². The number of hydrogen-bond acceptors (Lipinski definition) is 3. The highest BCUT2D eigenvalue weighted by Crippen LogP contribution is 2.44. The van der Waals surface area contributed by atoms with Gasteiger partial charge in [-0.1, -0.05) is 12.2 Å². The predicted molar refractivity (Wildman–Crippen MR) is 100 cm³/mol. The third kappa shape index (κ3) is 3.28. The van der Waals surface area contributed by atoms with E-state index in [0.717, 1.165) is 12.3 Å². The van der Waals surface area contributed by atoms with Crippen molar-refractivity contribution >= 4 is 23.3 Å². The van der Waals surface area contributed by atoms with Crippen molar-refractivity contribution in [3.63, 3.8) is 0 Å². The zero-order chi connectivity index (χ0) is 18.1. The van der Waals surface area contributed by atoms with Gasteiger partial charge in [-0.3, -0.25) is 4.79 Å². The lowest BCUT2D eigenvalue weighted by atomic mass is 9.91. The molecule has 3 aliphatic rings. The van der Waals surface area contributed by atoms with E-state index in [0.29, 0.717) is 42.0 Å². The van der Waals surface area contributed by atoms with Crippen molar-refractivity contribution in [2.45, 2.75) is 26.2 Å². The van der Waals surface area contributed by atoms with Crippen LogP contribution in [-0.2, 0) is 4.79 Å². The molecule has 3 atom stereocenters. The Bertz CT molecular complexity index is 746. The Balaban J connectivity index is 1.31. The van der Waals surface area contributed by atoms with E-state index in [1.807, 2.05) is 6.92 Å². The van der Waals surface area contributed by atoms with Gasteiger partial charge in [-0.25, -0.2) is 4.79 Å². The number of ether oxygens (including phenoxy) is 1. The maximum atomic E-state index is 12.2. The van der Waals surface area contributed by atoms with Gasteiger partial charge in [0.25, 0.3) is 5.91 Å². The second-order valence-corrected chi connectivity index (χ2v) is 7.32. The summed E-state index contributed by atoms with van der Waals surface area (Å²) in [6, 6.07) is 5.16. The topological polar surface area (TPSA) is 70.7 Å². The van der Waals surface area contributed by atoms with Crippen LogP contribution >= 0.6 is 0 Å². The van der Waals surface area contributed by atoms with Gasteiger partial charge in [0.2, 0.25) is 0 Å². The molecule has 0 unspecified atom stereocenters. The van der Waals surface area contributed by atoms with Crippen LogP contribution in [0.15, 0.2) is 30.4 Å². The number of carbonyl (C=O) groups excluding carboxylic acids is 2. The van der Waals surface area contributed by atoms with Gasteiger partial charge in [-0.2, -0.15) is 0 Å². The largest absolute Gasteiger partial charge is 0.482 e. The Morgan fingerprint density at radius 2 is 2.19 bits per heavy atom. The summed E-state index contributed by atoms with van der Waals surface area (Å²) in [5.74, 6) is 2.78. The maximum Gasteiger partial charge on any atom is 0.319 e. The highest BCUT2D eigenvalue weighted by Gasteiger charge is 2.35. The number of nitrogens with zero attached hydrogens (tertiary/aromatic N) is 1. The minimum atomic E-state index is -0.213. The molecule has 3 amide bonds. The van der Waals surface area contributed by atoms with Crippen molar-refractivity contribution < 1.29 is 14.3 Å². The lowest BCUT2D eigenvalue weighted by Crippen LogP contribution is -2.38. The summed E-state index contributed by atoms with van der Waals surface area (Å²) in [6.45, 7) is 3.24. The third-order valence-corrected chi connectivity index (χ3v) is 5.69. The normalized spacial score (nSPS) is 25.8. The lowest BCUT2D eigenvalue weighted by Gasteiger charge is -2.28. The fourth-order valence-electron chi connectivity index (χ4n) is 4.40. The molecule has 2 bridgehead atoms. The van der Waals surface area contributed by atoms with Gasteiger partial charge in [0, 0.05) is 18.8 Å². The van der Waals surface area contributed by atoms with E-state index >= 15 is 0 Å². The second-order valence-electron chi connectivity index (χ2n) is 7.32. The number of carbonyl (C=O) groups is 2. The van der Waals surface area contributed by atoms with Crippen LogP contribution in [0.3, 0.4) is 0 Å². The first-order valence-electron chi connectivity index (χ1n) is 9.44. The number of likely N-dealkylation sites (N-methyl/N-ethyl adjacent to an activating group) is 1. The fourth-order valence-corrected chi connectivity index (χ4v) is 4.40. The molecule has 1 aromatic rings. The summed E-state index contributed by atoms with van der Waals surface area (Å²) in [5.41, 5.74) is 1.36. The molecule has 0 aromatic heterocycles. The van der Waals surface area contributed by atoms with E-state index in [1.54, 1.807) is 23.1 Å². The molecule has 0 radical (unpaired) electrons. The molecule has 4 rings (SSSR count). The third-order valence-electron chi connectivity index (χ3n) is 5.69. The van der Waals surface area contributed by atoms with Gasteiger partial charge in [0.05, 0.1) is 5.69 Å². The van der Waals surface area contributed by atoms with Crippen LogP contribution in [0, 0.1) is 17.8 Å². The van der Waals surface area contributed by atoms with Crippen LogP contribution in [0.1, 0.15) is 26.2 Å². The monoisotopic (exact) mass is 355 g/mol. The zero-order valence-electron chi connectivity index (χ0n) is 15.0. The molecule has 0 spiro atoms. The van der Waals surface area contributed by atoms with Gasteiger partial charge in [0.15, 0.2) is 6.61 Å². The lowest BCUT2D eigenvalue weighted by molar-refractivity contribution is -0.121. The van der Waals surface area contributed by atoms with E-state index in [9.17, 15) is 9.59 Å². The number of hydrogen-bond donors (Lipinski definition) is 2. The summed E-state index contributed by atoms with van der Waals surface area (Å²) in [5, 5.41) is 5.80. The average Bonchev–Trinajstić information content (AvgIpc) is 3.25. The minimum absolute atomic E-state index is 0.0618. The highest BCUT2D eigenvalue weighted by atomic mass is 16.5. The van der Waals surface area contributed by atoms with Gasteiger partial charge in [-0.05, 0) is 62.1 Å². The van der Waals surface area contributed by atoms with Gasteiger partial charge >= 0.3 is 6.03 Å². The fraction of sp³-hybridized carbons (Fsp3) is 0.500. The van der Waals surface area contributed by atoms with Crippen LogP contribution in [0.25, 0.3) is 0 Å². The van der Waals surface area contributed by atoms with Gasteiger partial charge in [0.1, 0.15) is 5.75 Å². The Hall–Kier alpha value is -2.50. The molecular weight excluding hydrogens is 330 g/mol. The average molecular weight is 355 g/mol. The van der Waals surface area contributed by atoms with E-state index in [1.165, 1.54) is 12.8 Å². The Morgan fingerprint density at radius 3 is 2.92 bits per heavy atom. The molecule has 1 heterocycles. The van der Waals surface area contributed by atoms with Crippen molar-refractivity contribution in [3.05, 3.63) is 30.4 Å². The standard InChI is InChI=1S/C20H25N3O3/c1-2-23-17-11-16(5-6-18(17)26-12-19(23)24)22-20(25)21-8-7-15-10-13-3-4-14(15)9-13/h3-6,11,13-15H,2,7-10,12H2,1H3,(H2,21,22,25)/t13-,14+,15-/m1/s1. The number of anilines is 2. The first kappa shape index (κ1) is 16.9. The highest BCUT2D eigenvalue weighted by molar-refractivity contribution is 5.99. The van der Waals surface area contributed by atoms with Crippen LogP contribution in [-0.4, -0.2) is 31.6 Å². The molecule has 138 valence electrons. The quantitative estimate of drug-likeness (QED) is 0.797. The number of allylic oxidation sites excluding steroid dienone is 2. The summed E-state index contributed by atoms with van der Waals surface area (Å²) < 4.78 is 5.45. The van der Waals surface area contributed by atoms with Crippen molar-refractivity contribution in [1.82, 2.24) is 5.32 Å². The molecule has 0 saturated heterocycles. The smallest absolute Gasteiger partial charge is 0.319 e. The molecule has 2 aliphatic carbocycles. The molecule has 2 N–H and O–H groups in total. The Morgan fingerprint density at radius 1 is 1.31 bits per heavy atom. The number of urea groups is 1. The molecule has 6 heteroatoms. The van der Waals surface area contributed by atoms with E-state index in [-0.39, 0.29) is 18.5 Å². The SMILES string of the molecule is CCN1C(=O)COc2ccc(NC(=O)NCC[C@@H]3C[C@@H]4C=C[C@H]3C4)cc21. The number of fused-ring (bicyclic) bond motifs is 3. The summed E-state index contributed by atoms with van der Waals surface area (Å²) in [4.78, 5) is 25.8. The van der Waals surface area contributed by atoms with Crippen LogP contribution in [0.4, 0.5) is 16.2 Å². The van der Waals surface area contributed by atoms with E-state index in [2.05, 4.69) is 22.8 Å². The van der Waals surface area contributed by atoms with Crippen LogP contribution in [0.2, 0.25) is 0 Å². The summed E-state index contributed by atoms with van der Waals surface area (Å²) in [7, 11) is 0. The van der Waals surface area contributed by atoms with Crippen LogP contribution < -0.4 is 20.3 Å². The molecule has 6 nitrogen and oxygen atoms in total. The number of amides is 3. The van der Waals surface area contributed by atoms with E-state index < -0.39 is 0 Å². The number of benzene rings is 1. The predicted octanol–water partition coefficient (Wildman–Crippen LogP) is 3.16. The van der Waals surface area contributed by atoms with Crippen molar-refractivity contribution in [3.8, 4) is 5.75 Å². The second kappa shape index (κ2) is 7.02. The first-order chi connectivity index (χ1) is 12.6. The summed E-state index contributed by atoms with van der Waals surface area (Å²) in [6.07, 6.45) is 8.26. The molecule has 1 aliphatic heterocycles. The maximum absolute atomic E-state index is 12.2. The number of nitrogens with one attached hydrogen (secondary N) is 2. The molecule has 1 fully saturated rings. The molecule has 1 saturated carbocycles.